The summed E-state index contributed by atoms with van der Waals surface area (Å²) in [7, 11) is 0. The summed E-state index contributed by atoms with van der Waals surface area (Å²) in [4.78, 5) is 20.3. The number of hydrogen-bond acceptors (Lipinski definition) is 3. The van der Waals surface area contributed by atoms with Gasteiger partial charge in [0.15, 0.2) is 0 Å². The van der Waals surface area contributed by atoms with Crippen LogP contribution in [0.15, 0.2) is 11.9 Å². The maximum absolute atomic E-state index is 12.7. The molecule has 0 aliphatic heterocycles. The molecule has 0 aliphatic carbocycles. The summed E-state index contributed by atoms with van der Waals surface area (Å²) in [5, 5.41) is 0. The maximum Gasteiger partial charge on any atom is 0.366 e. The smallest absolute Gasteiger partial charge is 0.366 e. The standard InChI is InChI=1S/C9H15FO2.C5H10O/c1-4-12-9(11)8(10)6-5-7(2)3;1-5(2)3-4-6/h6-7H,4-5H2,1-3H3;4-5H,3H2,1-2H3/b8-6+;. The summed E-state index contributed by atoms with van der Waals surface area (Å²) in [6.07, 6.45) is 3.47. The molecule has 3 nitrogen and oxygen atoms in total. The fourth-order valence-corrected chi connectivity index (χ4v) is 0.815. The van der Waals surface area contributed by atoms with Gasteiger partial charge in [0, 0.05) is 6.42 Å². The number of ether oxygens (including phenoxy) is 1. The minimum Gasteiger partial charge on any atom is -0.461 e. The Hall–Kier alpha value is -1.19. The molecule has 18 heavy (non-hydrogen) atoms. The number of esters is 1. The number of carbonyl (C=O) groups excluding carboxylic acids is 2. The second-order valence-corrected chi connectivity index (χ2v) is 4.70. The molecule has 0 rings (SSSR count). The molecular formula is C14H25FO3. The van der Waals surface area contributed by atoms with Crippen LogP contribution in [-0.4, -0.2) is 18.9 Å². The van der Waals surface area contributed by atoms with E-state index in [2.05, 4.69) is 4.74 Å². The summed E-state index contributed by atoms with van der Waals surface area (Å²) in [5.41, 5.74) is 0. The topological polar surface area (TPSA) is 43.4 Å². The molecule has 106 valence electrons. The Morgan fingerprint density at radius 3 is 1.94 bits per heavy atom. The van der Waals surface area contributed by atoms with Crippen LogP contribution in [0.25, 0.3) is 0 Å². The molecule has 4 heteroatoms. The highest BCUT2D eigenvalue weighted by Gasteiger charge is 2.08. The molecule has 0 atom stereocenters. The molecular weight excluding hydrogens is 235 g/mol. The zero-order valence-corrected chi connectivity index (χ0v) is 12.0. The van der Waals surface area contributed by atoms with Crippen LogP contribution in [0.5, 0.6) is 0 Å². The van der Waals surface area contributed by atoms with Crippen LogP contribution < -0.4 is 0 Å². The molecule has 0 aliphatic rings. The number of carbonyl (C=O) groups is 2. The van der Waals surface area contributed by atoms with Gasteiger partial charge in [0.2, 0.25) is 5.83 Å². The van der Waals surface area contributed by atoms with Gasteiger partial charge >= 0.3 is 5.97 Å². The van der Waals surface area contributed by atoms with E-state index in [-0.39, 0.29) is 6.61 Å². The zero-order valence-electron chi connectivity index (χ0n) is 12.0. The number of aldehydes is 1. The lowest BCUT2D eigenvalue weighted by molar-refractivity contribution is -0.140. The molecule has 0 aromatic rings. The third-order valence-electron chi connectivity index (χ3n) is 1.81. The lowest BCUT2D eigenvalue weighted by Crippen LogP contribution is -2.04. The Labute approximate surface area is 109 Å². The van der Waals surface area contributed by atoms with Gasteiger partial charge in [-0.1, -0.05) is 27.7 Å². The molecule has 0 aromatic carbocycles. The molecule has 0 aromatic heterocycles. The van der Waals surface area contributed by atoms with Crippen molar-refractivity contribution in [1.82, 2.24) is 0 Å². The maximum atomic E-state index is 12.7. The van der Waals surface area contributed by atoms with E-state index >= 15 is 0 Å². The molecule has 0 heterocycles. The largest absolute Gasteiger partial charge is 0.461 e. The van der Waals surface area contributed by atoms with Crippen LogP contribution in [-0.2, 0) is 14.3 Å². The minimum absolute atomic E-state index is 0.210. The molecule has 0 fully saturated rings. The number of rotatable bonds is 6. The molecule has 0 saturated heterocycles. The first-order valence-electron chi connectivity index (χ1n) is 6.31. The van der Waals surface area contributed by atoms with Crippen molar-refractivity contribution in [2.75, 3.05) is 6.61 Å². The molecule has 0 bridgehead atoms. The minimum atomic E-state index is -0.863. The van der Waals surface area contributed by atoms with Gasteiger partial charge in [0.05, 0.1) is 6.61 Å². The van der Waals surface area contributed by atoms with Crippen molar-refractivity contribution in [3.63, 3.8) is 0 Å². The first-order valence-corrected chi connectivity index (χ1v) is 6.31. The Morgan fingerprint density at radius 2 is 1.67 bits per heavy atom. The van der Waals surface area contributed by atoms with Crippen molar-refractivity contribution in [3.05, 3.63) is 11.9 Å². The molecule has 0 saturated carbocycles. The molecule has 0 unspecified atom stereocenters. The Balaban J connectivity index is 0. The van der Waals surface area contributed by atoms with Gasteiger partial charge in [0.1, 0.15) is 6.29 Å². The average Bonchev–Trinajstić information content (AvgIpc) is 2.26. The van der Waals surface area contributed by atoms with E-state index in [4.69, 9.17) is 0 Å². The van der Waals surface area contributed by atoms with Crippen molar-refractivity contribution in [3.8, 4) is 0 Å². The quantitative estimate of drug-likeness (QED) is 0.415. The van der Waals surface area contributed by atoms with E-state index in [1.165, 1.54) is 6.08 Å². The summed E-state index contributed by atoms with van der Waals surface area (Å²) in [5.74, 6) is -0.767. The van der Waals surface area contributed by atoms with Crippen LogP contribution in [0, 0.1) is 11.8 Å². The van der Waals surface area contributed by atoms with Crippen LogP contribution in [0.3, 0.4) is 0 Å². The fraction of sp³-hybridized carbons (Fsp3) is 0.714. The second kappa shape index (κ2) is 12.3. The van der Waals surface area contributed by atoms with Crippen molar-refractivity contribution in [1.29, 1.82) is 0 Å². The van der Waals surface area contributed by atoms with Gasteiger partial charge in [-0.05, 0) is 31.3 Å². The van der Waals surface area contributed by atoms with Crippen LogP contribution in [0.4, 0.5) is 4.39 Å². The van der Waals surface area contributed by atoms with E-state index in [0.717, 1.165) is 6.29 Å². The summed E-state index contributed by atoms with van der Waals surface area (Å²) in [6.45, 7) is 9.81. The third-order valence-corrected chi connectivity index (χ3v) is 1.81. The second-order valence-electron chi connectivity index (χ2n) is 4.70. The normalized spacial score (nSPS) is 11.0. The predicted octanol–water partition coefficient (Wildman–Crippen LogP) is 3.68. The van der Waals surface area contributed by atoms with Crippen LogP contribution in [0.2, 0.25) is 0 Å². The van der Waals surface area contributed by atoms with Gasteiger partial charge in [-0.25, -0.2) is 4.79 Å². The van der Waals surface area contributed by atoms with Crippen molar-refractivity contribution >= 4 is 12.3 Å². The summed E-state index contributed by atoms with van der Waals surface area (Å²) < 4.78 is 17.2. The molecule has 0 radical (unpaired) electrons. The molecule has 0 N–H and O–H groups in total. The van der Waals surface area contributed by atoms with E-state index < -0.39 is 11.8 Å². The zero-order chi connectivity index (χ0) is 14.6. The van der Waals surface area contributed by atoms with Gasteiger partial charge in [-0.3, -0.25) is 0 Å². The molecule has 0 spiro atoms. The first-order chi connectivity index (χ1) is 8.34. The van der Waals surface area contributed by atoms with Crippen molar-refractivity contribution in [2.24, 2.45) is 11.8 Å². The number of hydrogen-bond donors (Lipinski definition) is 0. The summed E-state index contributed by atoms with van der Waals surface area (Å²) in [6, 6.07) is 0. The highest BCUT2D eigenvalue weighted by molar-refractivity contribution is 5.85. The van der Waals surface area contributed by atoms with E-state index in [1.54, 1.807) is 6.92 Å². The third kappa shape index (κ3) is 14.8. The van der Waals surface area contributed by atoms with Gasteiger partial charge in [-0.15, -0.1) is 0 Å². The van der Waals surface area contributed by atoms with Crippen LogP contribution in [0.1, 0.15) is 47.5 Å². The Bertz CT molecular complexity index is 258. The van der Waals surface area contributed by atoms with Gasteiger partial charge in [0.25, 0.3) is 0 Å². The summed E-state index contributed by atoms with van der Waals surface area (Å²) >= 11 is 0. The average molecular weight is 260 g/mol. The predicted molar refractivity (Wildman–Crippen MR) is 70.8 cm³/mol. The lowest BCUT2D eigenvalue weighted by Gasteiger charge is -2.00. The van der Waals surface area contributed by atoms with Gasteiger partial charge < -0.3 is 9.53 Å². The van der Waals surface area contributed by atoms with Crippen LogP contribution >= 0.6 is 0 Å². The SMILES string of the molecule is CC(C)CC=O.CCOC(=O)/C(F)=C\CC(C)C. The van der Waals surface area contributed by atoms with Gasteiger partial charge in [-0.2, -0.15) is 4.39 Å². The lowest BCUT2D eigenvalue weighted by atomic mass is 10.1. The number of allylic oxidation sites excluding steroid dienone is 1. The first kappa shape index (κ1) is 19.2. The van der Waals surface area contributed by atoms with E-state index in [9.17, 15) is 14.0 Å². The molecule has 0 amide bonds. The number of halogens is 1. The Kier molecular flexibility index (Phi) is 13.1. The van der Waals surface area contributed by atoms with Crippen molar-refractivity contribution in [2.45, 2.75) is 47.5 Å². The Morgan fingerprint density at radius 1 is 1.17 bits per heavy atom. The van der Waals surface area contributed by atoms with Crippen molar-refractivity contribution < 1.29 is 18.7 Å². The van der Waals surface area contributed by atoms with E-state index in [0.29, 0.717) is 24.7 Å². The van der Waals surface area contributed by atoms with E-state index in [1.807, 2.05) is 27.7 Å². The highest BCUT2D eigenvalue weighted by atomic mass is 19.1. The highest BCUT2D eigenvalue weighted by Crippen LogP contribution is 2.06. The monoisotopic (exact) mass is 260 g/mol. The fourth-order valence-electron chi connectivity index (χ4n) is 0.815.